The van der Waals surface area contributed by atoms with Crippen molar-refractivity contribution in [1.29, 1.82) is 0 Å². The van der Waals surface area contributed by atoms with Gasteiger partial charge in [-0.15, -0.1) is 46.4 Å². The number of aliphatic hydroxyl groups excluding tert-OH is 1. The number of carboxylic acids is 1. The molecule has 4 saturated carbocycles. The molecule has 0 spiro atoms. The molecule has 6 fully saturated rings. The molecule has 8 aliphatic rings. The number of ketones is 2. The molecule has 0 aromatic heterocycles. The van der Waals surface area contributed by atoms with Crippen molar-refractivity contribution < 1.29 is 120 Å². The van der Waals surface area contributed by atoms with Crippen molar-refractivity contribution in [3.8, 4) is 0 Å². The minimum Gasteiger partial charge on any atom is -0.479 e. The number of ether oxygens (including phenoxy) is 11. The largest absolute Gasteiger partial charge is 0.479 e. The zero-order valence-electron chi connectivity index (χ0n) is 74.7. The molecule has 127 heavy (non-hydrogen) atoms. The van der Waals surface area contributed by atoms with Gasteiger partial charge in [0.1, 0.15) is 53.0 Å². The van der Waals surface area contributed by atoms with E-state index in [4.69, 9.17) is 98.5 Å². The van der Waals surface area contributed by atoms with Crippen LogP contribution >= 0.6 is 46.4 Å². The van der Waals surface area contributed by atoms with Crippen molar-refractivity contribution >= 4 is 114 Å². The topological polar surface area (TPSA) is 377 Å². The standard InChI is InChI=1S/C47H59Cl2NO12.C26H36Cl2O8.C21H25NO5.CH4.B/c1-26-30(59-41(54)38(57-24-28-16-12-10-13-17-28)36(29-18-14-11-15-19-29)50-42(55)62-43(3,4)5)21-47(56)27(2)39-45(8)25-58-31(45)20-32(60-33(51)22-48)46(39,9)40(53)37(61-34(52)23-49)35(26)44(47,6)7;1-12-14(29)8-26(33)13(2)21-24(5)11-34-15(24)7-16(35-17(30)9-27)25(21,6)22(32)20(36-18(31)10-28)19(12)23(26,3)4;1-21(2,3)27-20(25)22-17(16-12-8-5-9-13-16)18(19(23)24)26-14-15-10-6-4-7-11-15;;/h10-19,27,30-32,36-39,56H,20-25H2,1-9H3,(H,50,55);13-16,20-21,29,33H,7-11H2,1-6H3;4-13,17-18H,14H2,1-3H3,(H,22,25)(H,23,24);1H4;/t27-,30-,31+,32-,36-,37+,38+,39?,45+,46+,47+;13-,14-,15+,16-,20+,21?,24+,25+,26+;17-,18+;;/m000../s1. The Kier molecular flexibility index (Phi) is 33.5. The van der Waals surface area contributed by atoms with Crippen molar-refractivity contribution in [3.05, 3.63) is 166 Å². The molecule has 6 aliphatic carbocycles. The van der Waals surface area contributed by atoms with E-state index in [2.05, 4.69) is 10.6 Å². The molecule has 32 heteroatoms. The first-order chi connectivity index (χ1) is 58.4. The third-order valence-electron chi connectivity index (χ3n) is 27.5. The van der Waals surface area contributed by atoms with Gasteiger partial charge in [-0.2, -0.15) is 0 Å². The van der Waals surface area contributed by atoms with E-state index in [9.17, 15) is 63.6 Å². The maximum Gasteiger partial charge on any atom is 0.408 e. The molecule has 12 rings (SSSR count). The first kappa shape index (κ1) is 104. The number of carboxylic acid groups (broad SMARTS) is 1. The highest BCUT2D eigenvalue weighted by molar-refractivity contribution is 6.27. The van der Waals surface area contributed by atoms with Crippen LogP contribution in [0.2, 0.25) is 0 Å². The van der Waals surface area contributed by atoms with Gasteiger partial charge in [0.25, 0.3) is 0 Å². The van der Waals surface area contributed by atoms with E-state index in [0.717, 1.165) is 11.1 Å². The number of esters is 5. The highest BCUT2D eigenvalue weighted by atomic mass is 35.5. The number of hydrogen-bond acceptors (Lipinski definition) is 24. The van der Waals surface area contributed by atoms with Gasteiger partial charge < -0.3 is 83.2 Å². The van der Waals surface area contributed by atoms with Crippen LogP contribution in [0, 0.1) is 56.2 Å². The number of aliphatic carboxylic acids is 1. The number of nitrogens with one attached hydrogen (secondary N) is 2. The summed E-state index contributed by atoms with van der Waals surface area (Å²) in [5.41, 5.74) is -7.10. The Hall–Kier alpha value is -8.00. The Balaban J connectivity index is 0.000000259. The summed E-state index contributed by atoms with van der Waals surface area (Å²) in [6, 6.07) is 34.1. The summed E-state index contributed by atoms with van der Waals surface area (Å²) in [7, 11) is 0. The van der Waals surface area contributed by atoms with Crippen molar-refractivity contribution in [3.63, 3.8) is 0 Å². The molecule has 2 amide bonds. The fourth-order valence-corrected chi connectivity index (χ4v) is 21.6. The van der Waals surface area contributed by atoms with Gasteiger partial charge in [0, 0.05) is 55.8 Å². The van der Waals surface area contributed by atoms with Crippen molar-refractivity contribution in [2.75, 3.05) is 36.7 Å². The molecule has 2 unspecified atom stereocenters. The first-order valence-corrected chi connectivity index (χ1v) is 44.3. The van der Waals surface area contributed by atoms with Gasteiger partial charge in [-0.05, 0) is 137 Å². The zero-order chi connectivity index (χ0) is 92.4. The van der Waals surface area contributed by atoms with Gasteiger partial charge in [-0.3, -0.25) is 28.8 Å². The minimum atomic E-state index is -1.76. The Morgan fingerprint density at radius 2 is 0.827 bits per heavy atom. The summed E-state index contributed by atoms with van der Waals surface area (Å²) in [4.78, 5) is 134. The Morgan fingerprint density at radius 1 is 0.496 bits per heavy atom. The second-order valence-corrected chi connectivity index (χ2v) is 39.2. The fourth-order valence-electron chi connectivity index (χ4n) is 21.4. The normalized spacial score (nSPS) is 31.5. The molecular formula is C95H124BCl4N2O25. The number of carbonyl (C=O) groups is 10. The maximum atomic E-state index is 15.6. The molecule has 2 aliphatic heterocycles. The number of rotatable bonds is 23. The number of benzene rings is 4. The van der Waals surface area contributed by atoms with Gasteiger partial charge in [-0.1, -0.05) is 184 Å². The van der Waals surface area contributed by atoms with Crippen LogP contribution in [0.1, 0.15) is 192 Å². The molecule has 27 nitrogen and oxygen atoms in total. The van der Waals surface area contributed by atoms with Gasteiger partial charge >= 0.3 is 48.0 Å². The minimum absolute atomic E-state index is 0. The van der Waals surface area contributed by atoms with Crippen LogP contribution in [-0.2, 0) is 104 Å². The lowest BCUT2D eigenvalue weighted by Crippen LogP contribution is -2.75. The Bertz CT molecular complexity index is 4680. The quantitative estimate of drug-likeness (QED) is 0.0132. The molecule has 4 bridgehead atoms. The number of amides is 2. The monoisotopic (exact) mass is 1840 g/mol. The molecule has 6 N–H and O–H groups in total. The van der Waals surface area contributed by atoms with Gasteiger partial charge in [0.2, 0.25) is 0 Å². The molecule has 4 aromatic carbocycles. The van der Waals surface area contributed by atoms with E-state index in [-0.39, 0.29) is 78.9 Å². The smallest absolute Gasteiger partial charge is 0.408 e. The van der Waals surface area contributed by atoms with E-state index < -0.39 is 223 Å². The van der Waals surface area contributed by atoms with E-state index in [0.29, 0.717) is 34.5 Å². The summed E-state index contributed by atoms with van der Waals surface area (Å²) >= 11 is 23.5. The Morgan fingerprint density at radius 3 is 1.17 bits per heavy atom. The second kappa shape index (κ2) is 40.8. The lowest BCUT2D eigenvalue weighted by Gasteiger charge is -2.68. The van der Waals surface area contributed by atoms with Gasteiger partial charge in [0.05, 0.1) is 78.9 Å². The van der Waals surface area contributed by atoms with Crippen LogP contribution in [0.15, 0.2) is 144 Å². The second-order valence-electron chi connectivity index (χ2n) is 38.1. The number of fused-ring (bicyclic) bond motifs is 10. The van der Waals surface area contributed by atoms with E-state index in [1.165, 1.54) is 0 Å². The van der Waals surface area contributed by atoms with Crippen LogP contribution in [0.5, 0.6) is 0 Å². The third-order valence-corrected chi connectivity index (χ3v) is 28.4. The molecule has 4 aromatic rings. The number of halogens is 4. The molecule has 3 radical (unpaired) electrons. The fraction of sp³-hybridized carbons (Fsp3) is 0.600. The summed E-state index contributed by atoms with van der Waals surface area (Å²) in [5.74, 6) is -10.6. The van der Waals surface area contributed by atoms with Crippen LogP contribution in [0.3, 0.4) is 0 Å². The van der Waals surface area contributed by atoms with Gasteiger partial charge in [-0.25, -0.2) is 19.2 Å². The van der Waals surface area contributed by atoms with Crippen molar-refractivity contribution in [2.24, 2.45) is 56.2 Å². The summed E-state index contributed by atoms with van der Waals surface area (Å²) in [5, 5.41) is 52.2. The predicted octanol–water partition coefficient (Wildman–Crippen LogP) is 14.1. The summed E-state index contributed by atoms with van der Waals surface area (Å²) in [6.45, 7) is 32.8. The average Bonchev–Trinajstić information content (AvgIpc) is 0.676. The highest BCUT2D eigenvalue weighted by Crippen LogP contribution is 2.70. The van der Waals surface area contributed by atoms with E-state index in [1.54, 1.807) is 138 Å². The number of hydrogen-bond donors (Lipinski definition) is 6. The van der Waals surface area contributed by atoms with Crippen molar-refractivity contribution in [1.82, 2.24) is 10.6 Å². The number of alkyl halides is 4. The zero-order valence-corrected chi connectivity index (χ0v) is 77.7. The van der Waals surface area contributed by atoms with Crippen LogP contribution in [0.4, 0.5) is 9.59 Å². The lowest BCUT2D eigenvalue weighted by atomic mass is 9.40. The van der Waals surface area contributed by atoms with Crippen molar-refractivity contribution in [2.45, 2.75) is 266 Å². The molecule has 2 heterocycles. The number of Topliss-reactive ketones (excluding diaryl/α,β-unsaturated/α-hetero) is 2. The molecule has 2 saturated heterocycles. The maximum absolute atomic E-state index is 15.6. The number of alkyl carbamates (subject to hydrolysis) is 2. The number of carbonyl (C=O) groups excluding carboxylic acids is 9. The molecular weight excluding hydrogens is 1720 g/mol. The third kappa shape index (κ3) is 20.8. The van der Waals surface area contributed by atoms with Gasteiger partial charge in [0.15, 0.2) is 36.0 Å². The summed E-state index contributed by atoms with van der Waals surface area (Å²) in [6.07, 6.45) is -11.9. The van der Waals surface area contributed by atoms with E-state index >= 15 is 4.79 Å². The first-order valence-electron chi connectivity index (χ1n) is 42.1. The SMILES string of the molecule is C.CC(C)(C)OC(=O)N[C@@H](c1ccccc1)[C@@H](OCc1ccccc1)C(=O)O.CC1=C2[C@@H](OC(=O)CCl)C(=O)[C@@]3(C)C([C@H](C)[C@](O)(C[C@@H]1O)C2(C)C)[C@]1(C)CO[C@@H]1C[C@@H]3OC(=O)CCl.CC1=C2[C@@H](OC(=O)CCl)C(=O)[C@@]3(C)C([C@H](C)[C@](O)(C[C@@H]1OC(=O)[C@H](OCc1ccccc1)[C@@H](NC(=O)OC(C)(C)C)c1ccccc1)C2(C)C)[C@]1(C)CO[C@@H]1C[C@@H]3OC(=O)CCl.[B]. The average molecular weight is 1850 g/mol. The van der Waals surface area contributed by atoms with Crippen LogP contribution < -0.4 is 10.6 Å². The van der Waals surface area contributed by atoms with Crippen LogP contribution in [-0.4, -0.2) is 209 Å². The predicted molar refractivity (Wildman–Crippen MR) is 474 cm³/mol. The van der Waals surface area contributed by atoms with E-state index in [1.807, 2.05) is 108 Å². The lowest BCUT2D eigenvalue weighted by molar-refractivity contribution is -0.304. The number of aliphatic hydroxyl groups is 3. The highest BCUT2D eigenvalue weighted by Gasteiger charge is 2.77. The Labute approximate surface area is 766 Å². The summed E-state index contributed by atoms with van der Waals surface area (Å²) < 4.78 is 64.9. The molecule has 695 valence electrons. The van der Waals surface area contributed by atoms with Crippen LogP contribution in [0.25, 0.3) is 0 Å². The molecule has 22 atom stereocenters.